The summed E-state index contributed by atoms with van der Waals surface area (Å²) in [4.78, 5) is 0. The monoisotopic (exact) mass is 205 g/mol. The average molecular weight is 205 g/mol. The maximum Gasteiger partial charge on any atom is 0.0468 e. The molecule has 15 heavy (non-hydrogen) atoms. The third-order valence-corrected chi connectivity index (χ3v) is 2.70. The second kappa shape index (κ2) is 5.69. The zero-order chi connectivity index (χ0) is 11.3. The molecule has 0 amide bonds. The minimum absolute atomic E-state index is 0.161. The van der Waals surface area contributed by atoms with Crippen molar-refractivity contribution in [3.8, 4) is 0 Å². The van der Waals surface area contributed by atoms with Crippen LogP contribution in [0.2, 0.25) is 0 Å². The Morgan fingerprint density at radius 2 is 2.13 bits per heavy atom. The summed E-state index contributed by atoms with van der Waals surface area (Å²) in [5.74, 6) is 0. The van der Waals surface area contributed by atoms with Crippen molar-refractivity contribution in [1.82, 2.24) is 0 Å². The lowest BCUT2D eigenvalue weighted by Crippen LogP contribution is -2.04. The molecule has 0 spiro atoms. The summed E-state index contributed by atoms with van der Waals surface area (Å²) in [6, 6.07) is 6.22. The van der Waals surface area contributed by atoms with Crippen LogP contribution in [-0.2, 0) is 0 Å². The topological polar surface area (TPSA) is 46.2 Å². The minimum Gasteiger partial charge on any atom is -0.396 e. The highest BCUT2D eigenvalue weighted by Gasteiger charge is 1.99. The molecule has 0 aliphatic rings. The molecule has 0 atom stereocenters. The lowest BCUT2D eigenvalue weighted by molar-refractivity contribution is 0.299. The fourth-order valence-electron chi connectivity index (χ4n) is 1.53. The zero-order valence-electron chi connectivity index (χ0n) is 9.46. The molecule has 3 N–H and O–H groups in total. The summed E-state index contributed by atoms with van der Waals surface area (Å²) in [5, 5.41) is 8.87. The molecule has 1 rings (SSSR count). The predicted octanol–water partition coefficient (Wildman–Crippen LogP) is 2.03. The number of nitrogens with two attached hydrogens (primary N) is 1. The number of hydrogen-bond donors (Lipinski definition) is 2. The average Bonchev–Trinajstić information content (AvgIpc) is 2.24. The van der Waals surface area contributed by atoms with Crippen LogP contribution in [0.5, 0.6) is 0 Å². The normalized spacial score (nSPS) is 11.9. The van der Waals surface area contributed by atoms with Crippen LogP contribution in [0.15, 0.2) is 23.8 Å². The number of rotatable bonds is 4. The van der Waals surface area contributed by atoms with Crippen molar-refractivity contribution in [2.75, 3.05) is 13.2 Å². The van der Waals surface area contributed by atoms with Gasteiger partial charge >= 0.3 is 0 Å². The van der Waals surface area contributed by atoms with E-state index in [-0.39, 0.29) is 6.61 Å². The first-order valence-electron chi connectivity index (χ1n) is 5.25. The van der Waals surface area contributed by atoms with Gasteiger partial charge in [0.25, 0.3) is 0 Å². The first kappa shape index (κ1) is 12.0. The van der Waals surface area contributed by atoms with E-state index in [1.54, 1.807) is 0 Å². The zero-order valence-corrected chi connectivity index (χ0v) is 9.46. The van der Waals surface area contributed by atoms with Gasteiger partial charge in [-0.2, -0.15) is 0 Å². The molecule has 0 aromatic heterocycles. The van der Waals surface area contributed by atoms with Crippen molar-refractivity contribution in [3.05, 3.63) is 40.5 Å². The molecule has 0 saturated carbocycles. The highest BCUT2D eigenvalue weighted by Crippen LogP contribution is 2.16. The van der Waals surface area contributed by atoms with Crippen LogP contribution in [0.4, 0.5) is 0 Å². The number of aliphatic hydroxyl groups excluding tert-OH is 1. The Hall–Kier alpha value is -1.12. The number of aryl methyl sites for hydroxylation is 1. The summed E-state index contributed by atoms with van der Waals surface area (Å²) in [6.45, 7) is 4.87. The van der Waals surface area contributed by atoms with Crippen LogP contribution in [0, 0.1) is 13.8 Å². The smallest absolute Gasteiger partial charge is 0.0468 e. The third-order valence-electron chi connectivity index (χ3n) is 2.70. The van der Waals surface area contributed by atoms with Gasteiger partial charge in [-0.25, -0.2) is 0 Å². The first-order chi connectivity index (χ1) is 7.19. The van der Waals surface area contributed by atoms with Gasteiger partial charge < -0.3 is 10.8 Å². The van der Waals surface area contributed by atoms with Crippen LogP contribution in [0.3, 0.4) is 0 Å². The molecule has 0 radical (unpaired) electrons. The molecule has 2 nitrogen and oxygen atoms in total. The van der Waals surface area contributed by atoms with E-state index >= 15 is 0 Å². The van der Waals surface area contributed by atoms with Gasteiger partial charge in [0, 0.05) is 13.2 Å². The standard InChI is InChI=1S/C13H19NO/c1-10-4-3-5-13(11(10)2)8-12(9-14)6-7-15/h3-5,8,15H,6-7,9,14H2,1-2H3. The molecular formula is C13H19NO. The molecule has 2 heteroatoms. The Morgan fingerprint density at radius 1 is 1.40 bits per heavy atom. The van der Waals surface area contributed by atoms with Crippen molar-refractivity contribution in [2.45, 2.75) is 20.3 Å². The molecule has 1 aromatic rings. The molecule has 0 heterocycles. The van der Waals surface area contributed by atoms with Gasteiger partial charge in [0.2, 0.25) is 0 Å². The van der Waals surface area contributed by atoms with Gasteiger partial charge in [0.05, 0.1) is 0 Å². The fraction of sp³-hybridized carbons (Fsp3) is 0.385. The van der Waals surface area contributed by atoms with Crippen LogP contribution in [0.25, 0.3) is 6.08 Å². The summed E-state index contributed by atoms with van der Waals surface area (Å²) in [7, 11) is 0. The largest absolute Gasteiger partial charge is 0.396 e. The van der Waals surface area contributed by atoms with E-state index in [1.165, 1.54) is 16.7 Å². The van der Waals surface area contributed by atoms with Crippen LogP contribution in [0.1, 0.15) is 23.1 Å². The van der Waals surface area contributed by atoms with Gasteiger partial charge in [0.15, 0.2) is 0 Å². The number of aliphatic hydroxyl groups is 1. The highest BCUT2D eigenvalue weighted by atomic mass is 16.2. The molecule has 0 unspecified atom stereocenters. The Bertz CT molecular complexity index is 356. The molecule has 1 aromatic carbocycles. The van der Waals surface area contributed by atoms with E-state index in [9.17, 15) is 0 Å². The lowest BCUT2D eigenvalue weighted by atomic mass is 10.0. The summed E-state index contributed by atoms with van der Waals surface area (Å²) >= 11 is 0. The maximum absolute atomic E-state index is 8.87. The molecule has 82 valence electrons. The summed E-state index contributed by atoms with van der Waals surface area (Å²) in [5.41, 5.74) is 10.5. The summed E-state index contributed by atoms with van der Waals surface area (Å²) in [6.07, 6.45) is 2.74. The van der Waals surface area contributed by atoms with Crippen molar-refractivity contribution in [1.29, 1.82) is 0 Å². The fourth-order valence-corrected chi connectivity index (χ4v) is 1.53. The molecule has 0 bridgehead atoms. The van der Waals surface area contributed by atoms with Gasteiger partial charge in [-0.3, -0.25) is 0 Å². The van der Waals surface area contributed by atoms with Crippen molar-refractivity contribution >= 4 is 6.08 Å². The second-order valence-corrected chi connectivity index (χ2v) is 3.77. The van der Waals surface area contributed by atoms with E-state index in [4.69, 9.17) is 10.8 Å². The van der Waals surface area contributed by atoms with E-state index < -0.39 is 0 Å². The molecule has 0 aliphatic carbocycles. The molecule has 0 aliphatic heterocycles. The van der Waals surface area contributed by atoms with E-state index in [2.05, 4.69) is 32.1 Å². The molecular weight excluding hydrogens is 186 g/mol. The lowest BCUT2D eigenvalue weighted by Gasteiger charge is -2.07. The Morgan fingerprint density at radius 3 is 2.73 bits per heavy atom. The summed E-state index contributed by atoms with van der Waals surface area (Å²) < 4.78 is 0. The van der Waals surface area contributed by atoms with E-state index in [0.29, 0.717) is 13.0 Å². The number of benzene rings is 1. The van der Waals surface area contributed by atoms with Crippen molar-refractivity contribution in [3.63, 3.8) is 0 Å². The maximum atomic E-state index is 8.87. The van der Waals surface area contributed by atoms with Gasteiger partial charge in [-0.05, 0) is 37.0 Å². The van der Waals surface area contributed by atoms with Gasteiger partial charge in [-0.1, -0.05) is 29.8 Å². The molecule has 0 saturated heterocycles. The Labute approximate surface area is 91.4 Å². The third kappa shape index (κ3) is 3.18. The Balaban J connectivity index is 3.00. The molecule has 0 fully saturated rings. The first-order valence-corrected chi connectivity index (χ1v) is 5.25. The minimum atomic E-state index is 0.161. The highest BCUT2D eigenvalue weighted by molar-refractivity contribution is 5.58. The number of hydrogen-bond acceptors (Lipinski definition) is 2. The Kier molecular flexibility index (Phi) is 4.53. The second-order valence-electron chi connectivity index (χ2n) is 3.77. The SMILES string of the molecule is Cc1cccc(C=C(CN)CCO)c1C. The van der Waals surface area contributed by atoms with Crippen LogP contribution >= 0.6 is 0 Å². The van der Waals surface area contributed by atoms with Crippen LogP contribution in [-0.4, -0.2) is 18.3 Å². The van der Waals surface area contributed by atoms with Crippen LogP contribution < -0.4 is 5.73 Å². The van der Waals surface area contributed by atoms with E-state index in [1.807, 2.05) is 6.07 Å². The predicted molar refractivity (Wildman–Crippen MR) is 64.7 cm³/mol. The quantitative estimate of drug-likeness (QED) is 0.790. The van der Waals surface area contributed by atoms with Crippen molar-refractivity contribution < 1.29 is 5.11 Å². The van der Waals surface area contributed by atoms with Gasteiger partial charge in [-0.15, -0.1) is 0 Å². The van der Waals surface area contributed by atoms with Crippen molar-refractivity contribution in [2.24, 2.45) is 5.73 Å². The van der Waals surface area contributed by atoms with Gasteiger partial charge in [0.1, 0.15) is 0 Å². The van der Waals surface area contributed by atoms with E-state index in [0.717, 1.165) is 5.57 Å².